The lowest BCUT2D eigenvalue weighted by atomic mass is 10.1. The van der Waals surface area contributed by atoms with Gasteiger partial charge in [0.1, 0.15) is 6.10 Å². The predicted molar refractivity (Wildman–Crippen MR) is 57.6 cm³/mol. The van der Waals surface area contributed by atoms with Crippen LogP contribution in [-0.2, 0) is 19.1 Å². The summed E-state index contributed by atoms with van der Waals surface area (Å²) in [6.07, 6.45) is -1.30. The minimum atomic E-state index is -1.23. The van der Waals surface area contributed by atoms with Crippen LogP contribution in [0, 0.1) is 5.92 Å². The molecule has 0 aliphatic carbocycles. The van der Waals surface area contributed by atoms with E-state index < -0.39 is 24.1 Å². The van der Waals surface area contributed by atoms with E-state index in [1.54, 1.807) is 0 Å². The lowest BCUT2D eigenvalue weighted by molar-refractivity contribution is -0.171. The zero-order chi connectivity index (χ0) is 12.7. The van der Waals surface area contributed by atoms with E-state index in [1.807, 2.05) is 13.8 Å². The second-order valence-corrected chi connectivity index (χ2v) is 3.90. The third-order valence-corrected chi connectivity index (χ3v) is 2.17. The molecule has 3 atom stereocenters. The van der Waals surface area contributed by atoms with Gasteiger partial charge in [0.05, 0.1) is 6.61 Å². The first-order valence-electron chi connectivity index (χ1n) is 5.43. The van der Waals surface area contributed by atoms with Crippen molar-refractivity contribution in [1.29, 1.82) is 0 Å². The lowest BCUT2D eigenvalue weighted by Crippen LogP contribution is -2.31. The number of aliphatic hydroxyl groups excluding tert-OH is 1. The maximum Gasteiger partial charge on any atom is 0.347 e. The SMILES string of the molecule is CC[C@H](C)COC(=O)[C@H](C)OC(=O)[C@H](C)O. The summed E-state index contributed by atoms with van der Waals surface area (Å²) in [4.78, 5) is 22.3. The van der Waals surface area contributed by atoms with Crippen LogP contribution in [0.2, 0.25) is 0 Å². The van der Waals surface area contributed by atoms with Gasteiger partial charge in [-0.25, -0.2) is 9.59 Å². The molecule has 5 heteroatoms. The molecule has 0 rings (SSSR count). The molecule has 0 bridgehead atoms. The summed E-state index contributed by atoms with van der Waals surface area (Å²) < 4.78 is 9.62. The van der Waals surface area contributed by atoms with E-state index in [9.17, 15) is 9.59 Å². The molecule has 5 nitrogen and oxygen atoms in total. The van der Waals surface area contributed by atoms with Gasteiger partial charge in [0.2, 0.25) is 0 Å². The first kappa shape index (κ1) is 14.9. The molecule has 94 valence electrons. The van der Waals surface area contributed by atoms with Gasteiger partial charge in [-0.15, -0.1) is 0 Å². The second-order valence-electron chi connectivity index (χ2n) is 3.90. The van der Waals surface area contributed by atoms with Gasteiger partial charge in [0.25, 0.3) is 0 Å². The Morgan fingerprint density at radius 1 is 1.19 bits per heavy atom. The third-order valence-electron chi connectivity index (χ3n) is 2.17. The van der Waals surface area contributed by atoms with Crippen LogP contribution in [0.25, 0.3) is 0 Å². The molecule has 0 radical (unpaired) electrons. The minimum absolute atomic E-state index is 0.281. The summed E-state index contributed by atoms with van der Waals surface area (Å²) in [7, 11) is 0. The normalized spacial score (nSPS) is 16.1. The fourth-order valence-electron chi connectivity index (χ4n) is 0.780. The summed E-state index contributed by atoms with van der Waals surface area (Å²) in [6, 6.07) is 0. The highest BCUT2D eigenvalue weighted by molar-refractivity contribution is 5.80. The largest absolute Gasteiger partial charge is 0.463 e. The van der Waals surface area contributed by atoms with Crippen molar-refractivity contribution in [3.8, 4) is 0 Å². The molecule has 0 amide bonds. The van der Waals surface area contributed by atoms with E-state index in [2.05, 4.69) is 4.74 Å². The van der Waals surface area contributed by atoms with E-state index in [-0.39, 0.29) is 5.92 Å². The average molecular weight is 232 g/mol. The fraction of sp³-hybridized carbons (Fsp3) is 0.818. The van der Waals surface area contributed by atoms with Gasteiger partial charge < -0.3 is 14.6 Å². The molecule has 16 heavy (non-hydrogen) atoms. The quantitative estimate of drug-likeness (QED) is 0.688. The van der Waals surface area contributed by atoms with Crippen LogP contribution in [0.15, 0.2) is 0 Å². The maximum absolute atomic E-state index is 11.3. The summed E-state index contributed by atoms with van der Waals surface area (Å²) >= 11 is 0. The minimum Gasteiger partial charge on any atom is -0.463 e. The molecule has 0 aromatic carbocycles. The van der Waals surface area contributed by atoms with Crippen molar-refractivity contribution in [2.45, 2.75) is 46.3 Å². The molecule has 0 heterocycles. The van der Waals surface area contributed by atoms with Crippen molar-refractivity contribution in [3.05, 3.63) is 0 Å². The summed E-state index contributed by atoms with van der Waals surface area (Å²) in [5, 5.41) is 8.88. The van der Waals surface area contributed by atoms with Crippen molar-refractivity contribution in [2.75, 3.05) is 6.61 Å². The highest BCUT2D eigenvalue weighted by Gasteiger charge is 2.21. The zero-order valence-electron chi connectivity index (χ0n) is 10.2. The van der Waals surface area contributed by atoms with Crippen molar-refractivity contribution in [2.24, 2.45) is 5.92 Å². The van der Waals surface area contributed by atoms with Crippen molar-refractivity contribution in [3.63, 3.8) is 0 Å². The Hall–Kier alpha value is -1.10. The summed E-state index contributed by atoms with van der Waals surface area (Å²) in [5.41, 5.74) is 0. The first-order valence-corrected chi connectivity index (χ1v) is 5.43. The van der Waals surface area contributed by atoms with Crippen LogP contribution in [0.4, 0.5) is 0 Å². The fourth-order valence-corrected chi connectivity index (χ4v) is 0.780. The number of hydrogen-bond acceptors (Lipinski definition) is 5. The third kappa shape index (κ3) is 5.70. The number of carbonyl (C=O) groups is 2. The standard InChI is InChI=1S/C11H20O5/c1-5-7(2)6-15-11(14)9(4)16-10(13)8(3)12/h7-9,12H,5-6H2,1-4H3/t7-,8-,9-/m0/s1. The molecule has 0 aromatic heterocycles. The molecule has 0 saturated carbocycles. The summed E-state index contributed by atoms with van der Waals surface area (Å²) in [5.74, 6) is -1.13. The highest BCUT2D eigenvalue weighted by atomic mass is 16.6. The molecule has 0 aliphatic heterocycles. The van der Waals surface area contributed by atoms with Crippen molar-refractivity contribution in [1.82, 2.24) is 0 Å². The van der Waals surface area contributed by atoms with Crippen molar-refractivity contribution >= 4 is 11.9 Å². The molecule has 0 unspecified atom stereocenters. The number of esters is 2. The molecule has 0 saturated heterocycles. The van der Waals surface area contributed by atoms with E-state index in [4.69, 9.17) is 9.84 Å². The smallest absolute Gasteiger partial charge is 0.347 e. The number of aliphatic hydroxyl groups is 1. The second kappa shape index (κ2) is 7.22. The molecular weight excluding hydrogens is 212 g/mol. The van der Waals surface area contributed by atoms with Gasteiger partial charge in [-0.3, -0.25) is 0 Å². The molecule has 0 aliphatic rings. The van der Waals surface area contributed by atoms with Gasteiger partial charge in [-0.1, -0.05) is 20.3 Å². The number of carbonyl (C=O) groups excluding carboxylic acids is 2. The van der Waals surface area contributed by atoms with Gasteiger partial charge >= 0.3 is 11.9 Å². The number of ether oxygens (including phenoxy) is 2. The number of rotatable bonds is 6. The van der Waals surface area contributed by atoms with E-state index in [1.165, 1.54) is 13.8 Å². The topological polar surface area (TPSA) is 72.8 Å². The Balaban J connectivity index is 3.95. The highest BCUT2D eigenvalue weighted by Crippen LogP contribution is 2.04. The Morgan fingerprint density at radius 2 is 1.75 bits per heavy atom. The van der Waals surface area contributed by atoms with Crippen LogP contribution in [0.3, 0.4) is 0 Å². The first-order chi connectivity index (χ1) is 7.38. The van der Waals surface area contributed by atoms with Crippen LogP contribution < -0.4 is 0 Å². The monoisotopic (exact) mass is 232 g/mol. The molecule has 0 aromatic rings. The van der Waals surface area contributed by atoms with Gasteiger partial charge in [-0.2, -0.15) is 0 Å². The summed E-state index contributed by atoms with van der Waals surface area (Å²) in [6.45, 7) is 6.96. The van der Waals surface area contributed by atoms with Crippen LogP contribution in [-0.4, -0.2) is 35.9 Å². The average Bonchev–Trinajstić information content (AvgIpc) is 2.24. The molecule has 0 fully saturated rings. The van der Waals surface area contributed by atoms with Crippen molar-refractivity contribution < 1.29 is 24.2 Å². The Kier molecular flexibility index (Phi) is 6.72. The van der Waals surface area contributed by atoms with Gasteiger partial charge in [0, 0.05) is 0 Å². The van der Waals surface area contributed by atoms with Crippen LogP contribution in [0.1, 0.15) is 34.1 Å². The van der Waals surface area contributed by atoms with E-state index in [0.717, 1.165) is 6.42 Å². The maximum atomic E-state index is 11.3. The Morgan fingerprint density at radius 3 is 2.19 bits per heavy atom. The zero-order valence-corrected chi connectivity index (χ0v) is 10.2. The predicted octanol–water partition coefficient (Wildman–Crippen LogP) is 0.888. The number of hydrogen-bond donors (Lipinski definition) is 1. The van der Waals surface area contributed by atoms with E-state index >= 15 is 0 Å². The Labute approximate surface area is 95.7 Å². The lowest BCUT2D eigenvalue weighted by Gasteiger charge is -2.15. The van der Waals surface area contributed by atoms with Gasteiger partial charge in [-0.05, 0) is 19.8 Å². The molecular formula is C11H20O5. The molecule has 0 spiro atoms. The van der Waals surface area contributed by atoms with E-state index in [0.29, 0.717) is 6.61 Å². The Bertz CT molecular complexity index is 237. The van der Waals surface area contributed by atoms with Gasteiger partial charge in [0.15, 0.2) is 6.10 Å². The van der Waals surface area contributed by atoms with Crippen LogP contribution >= 0.6 is 0 Å². The van der Waals surface area contributed by atoms with Crippen LogP contribution in [0.5, 0.6) is 0 Å². The molecule has 1 N–H and O–H groups in total.